The number of nitrogens with zero attached hydrogens (tertiary/aromatic N) is 1. The lowest BCUT2D eigenvalue weighted by Gasteiger charge is -2.57. The molecule has 3 N–H and O–H groups in total. The lowest BCUT2D eigenvalue weighted by molar-refractivity contribution is 0.0107. The molecule has 1 aromatic heterocycles. The maximum Gasteiger partial charge on any atom is 0.261 e. The number of nitrogens with one attached hydrogen (secondary N) is 3. The van der Waals surface area contributed by atoms with Crippen molar-refractivity contribution in [3.63, 3.8) is 0 Å². The van der Waals surface area contributed by atoms with Crippen LogP contribution < -0.4 is 16.2 Å². The van der Waals surface area contributed by atoms with Crippen LogP contribution >= 0.6 is 12.2 Å². The smallest absolute Gasteiger partial charge is 0.261 e. The van der Waals surface area contributed by atoms with Crippen LogP contribution in [0.1, 0.15) is 48.9 Å². The second-order valence-electron chi connectivity index (χ2n) is 10.4. The second-order valence-corrected chi connectivity index (χ2v) is 10.8. The van der Waals surface area contributed by atoms with Crippen LogP contribution in [-0.4, -0.2) is 21.0 Å². The average molecular weight is 461 g/mol. The highest BCUT2D eigenvalue weighted by molar-refractivity contribution is 7.71. The Morgan fingerprint density at radius 1 is 1.03 bits per heavy atom. The largest absolute Gasteiger partial charge is 0.378 e. The Kier molecular flexibility index (Phi) is 4.73. The van der Waals surface area contributed by atoms with Gasteiger partial charge in [-0.05, 0) is 98.8 Å². The molecule has 3 aromatic rings. The molecule has 7 heteroatoms. The topological polar surface area (TPSA) is 78.9 Å². The van der Waals surface area contributed by atoms with E-state index in [2.05, 4.69) is 21.7 Å². The lowest BCUT2D eigenvalue weighted by atomic mass is 9.53. The molecule has 0 atom stereocenters. The van der Waals surface area contributed by atoms with E-state index in [9.17, 15) is 9.59 Å². The summed E-state index contributed by atoms with van der Waals surface area (Å²) in [6.07, 6.45) is 7.90. The van der Waals surface area contributed by atoms with Crippen LogP contribution in [0.5, 0.6) is 0 Å². The van der Waals surface area contributed by atoms with Crippen LogP contribution in [-0.2, 0) is 7.05 Å². The van der Waals surface area contributed by atoms with Crippen molar-refractivity contribution in [2.24, 2.45) is 24.8 Å². The predicted molar refractivity (Wildman–Crippen MR) is 133 cm³/mol. The maximum atomic E-state index is 13.1. The van der Waals surface area contributed by atoms with Crippen molar-refractivity contribution in [1.29, 1.82) is 0 Å². The fourth-order valence-electron chi connectivity index (χ4n) is 6.89. The number of H-pyrrole nitrogens is 1. The summed E-state index contributed by atoms with van der Waals surface area (Å²) >= 11 is 5.22. The van der Waals surface area contributed by atoms with Crippen molar-refractivity contribution in [3.8, 4) is 0 Å². The molecule has 4 fully saturated rings. The minimum absolute atomic E-state index is 0.160. The Balaban J connectivity index is 1.27. The van der Waals surface area contributed by atoms with Gasteiger partial charge < -0.3 is 15.6 Å². The van der Waals surface area contributed by atoms with Crippen molar-refractivity contribution >= 4 is 40.4 Å². The first-order valence-electron chi connectivity index (χ1n) is 11.8. The van der Waals surface area contributed by atoms with Gasteiger partial charge in [-0.1, -0.05) is 12.1 Å². The number of rotatable bonds is 4. The summed E-state index contributed by atoms with van der Waals surface area (Å²) < 4.78 is 1.72. The molecule has 4 bridgehead atoms. The van der Waals surface area contributed by atoms with Gasteiger partial charge >= 0.3 is 0 Å². The van der Waals surface area contributed by atoms with E-state index in [-0.39, 0.29) is 17.0 Å². The monoisotopic (exact) mass is 460 g/mol. The molecule has 2 aromatic carbocycles. The predicted octanol–water partition coefficient (Wildman–Crippen LogP) is 5.23. The molecule has 33 heavy (non-hydrogen) atoms. The molecule has 0 saturated heterocycles. The zero-order valence-electron chi connectivity index (χ0n) is 18.7. The van der Waals surface area contributed by atoms with E-state index in [1.54, 1.807) is 25.2 Å². The highest BCUT2D eigenvalue weighted by Crippen LogP contribution is 2.56. The second kappa shape index (κ2) is 7.55. The van der Waals surface area contributed by atoms with Gasteiger partial charge in [0, 0.05) is 18.2 Å². The van der Waals surface area contributed by atoms with E-state index in [4.69, 9.17) is 12.2 Å². The van der Waals surface area contributed by atoms with Crippen molar-refractivity contribution in [3.05, 3.63) is 63.2 Å². The highest BCUT2D eigenvalue weighted by atomic mass is 32.1. The Hall–Kier alpha value is -2.93. The third kappa shape index (κ3) is 3.59. The van der Waals surface area contributed by atoms with Gasteiger partial charge in [0.05, 0.1) is 22.3 Å². The first-order valence-corrected chi connectivity index (χ1v) is 12.2. The summed E-state index contributed by atoms with van der Waals surface area (Å²) in [5, 5.41) is 7.48. The first-order chi connectivity index (χ1) is 15.9. The Labute approximate surface area is 197 Å². The third-order valence-electron chi connectivity index (χ3n) is 7.98. The van der Waals surface area contributed by atoms with Gasteiger partial charge in [0.1, 0.15) is 0 Å². The van der Waals surface area contributed by atoms with Gasteiger partial charge in [-0.2, -0.15) is 0 Å². The Morgan fingerprint density at radius 2 is 1.67 bits per heavy atom. The molecule has 4 saturated carbocycles. The Bertz CT molecular complexity index is 1350. The maximum absolute atomic E-state index is 13.1. The first kappa shape index (κ1) is 20.7. The van der Waals surface area contributed by atoms with Crippen LogP contribution in [0.25, 0.3) is 10.9 Å². The number of hydrogen-bond acceptors (Lipinski definition) is 4. The molecular weight excluding hydrogens is 432 g/mol. The number of hydrogen-bond donors (Lipinski definition) is 3. The number of fused-ring (bicyclic) bond motifs is 1. The van der Waals surface area contributed by atoms with Crippen LogP contribution in [0.2, 0.25) is 0 Å². The Morgan fingerprint density at radius 3 is 2.33 bits per heavy atom. The van der Waals surface area contributed by atoms with E-state index in [1.165, 1.54) is 43.1 Å². The summed E-state index contributed by atoms with van der Waals surface area (Å²) in [6, 6.07) is 13.0. The van der Waals surface area contributed by atoms with Crippen LogP contribution in [0, 0.1) is 22.5 Å². The number of carbonyl (C=O) groups excluding carboxylic acids is 1. The van der Waals surface area contributed by atoms with Gasteiger partial charge in [0.25, 0.3) is 11.5 Å². The SMILES string of the molecule is Cn1c(=S)[nH]c2cc(C(=O)Nc3ccccc3NC34CC5CC(CC(C5)C3)C4)ccc2c1=O. The molecule has 1 amide bonds. The molecule has 7 rings (SSSR count). The number of aromatic nitrogens is 2. The summed E-state index contributed by atoms with van der Waals surface area (Å²) in [5.41, 5.74) is 2.80. The van der Waals surface area contributed by atoms with Gasteiger partial charge in [-0.15, -0.1) is 0 Å². The van der Waals surface area contributed by atoms with E-state index in [0.717, 1.165) is 29.1 Å². The molecule has 4 aliphatic rings. The number of anilines is 2. The van der Waals surface area contributed by atoms with Crippen LogP contribution in [0.4, 0.5) is 11.4 Å². The van der Waals surface area contributed by atoms with E-state index < -0.39 is 0 Å². The number of aromatic amines is 1. The van der Waals surface area contributed by atoms with Gasteiger partial charge in [-0.3, -0.25) is 14.2 Å². The van der Waals surface area contributed by atoms with Crippen molar-refractivity contribution in [2.75, 3.05) is 10.6 Å². The van der Waals surface area contributed by atoms with Gasteiger partial charge in [0.2, 0.25) is 0 Å². The summed E-state index contributed by atoms with van der Waals surface area (Å²) in [7, 11) is 1.63. The molecule has 0 unspecified atom stereocenters. The van der Waals surface area contributed by atoms with E-state index in [0.29, 0.717) is 21.2 Å². The number of amides is 1. The molecule has 6 nitrogen and oxygen atoms in total. The molecule has 0 spiro atoms. The zero-order valence-corrected chi connectivity index (χ0v) is 19.5. The molecule has 0 aliphatic heterocycles. The van der Waals surface area contributed by atoms with Crippen molar-refractivity contribution in [2.45, 2.75) is 44.1 Å². The van der Waals surface area contributed by atoms with Gasteiger partial charge in [0.15, 0.2) is 4.77 Å². The van der Waals surface area contributed by atoms with Crippen LogP contribution in [0.15, 0.2) is 47.3 Å². The fraction of sp³-hybridized carbons (Fsp3) is 0.423. The molecular formula is C26H28N4O2S. The minimum atomic E-state index is -0.211. The normalized spacial score (nSPS) is 27.6. The lowest BCUT2D eigenvalue weighted by Crippen LogP contribution is -2.54. The molecule has 0 radical (unpaired) electrons. The molecule has 4 aliphatic carbocycles. The summed E-state index contributed by atoms with van der Waals surface area (Å²) in [6.45, 7) is 0. The number of para-hydroxylation sites is 2. The van der Waals surface area contributed by atoms with Crippen molar-refractivity contribution < 1.29 is 4.79 Å². The number of benzene rings is 2. The molecule has 1 heterocycles. The minimum Gasteiger partial charge on any atom is -0.378 e. The molecule has 170 valence electrons. The summed E-state index contributed by atoms with van der Waals surface area (Å²) in [4.78, 5) is 28.6. The van der Waals surface area contributed by atoms with E-state index >= 15 is 0 Å². The fourth-order valence-corrected chi connectivity index (χ4v) is 7.09. The zero-order chi connectivity index (χ0) is 22.7. The highest BCUT2D eigenvalue weighted by Gasteiger charge is 2.51. The third-order valence-corrected chi connectivity index (χ3v) is 8.35. The van der Waals surface area contributed by atoms with Crippen LogP contribution in [0.3, 0.4) is 0 Å². The van der Waals surface area contributed by atoms with Gasteiger partial charge in [-0.25, -0.2) is 0 Å². The van der Waals surface area contributed by atoms with E-state index in [1.807, 2.05) is 18.2 Å². The quantitative estimate of drug-likeness (QED) is 0.466. The standard InChI is InChI=1S/C26H28N4O2S/c1-30-24(32)19-7-6-18(11-22(19)28-25(30)33)23(31)27-20-4-2-3-5-21(20)29-26-12-15-8-16(13-26)10-17(9-15)14-26/h2-7,11,15-17,29H,8-10,12-14H2,1H3,(H,27,31)(H,28,33). The summed E-state index contributed by atoms with van der Waals surface area (Å²) in [5.74, 6) is 2.33. The average Bonchev–Trinajstić information content (AvgIpc) is 2.77. The van der Waals surface area contributed by atoms with Crippen molar-refractivity contribution in [1.82, 2.24) is 9.55 Å². The number of carbonyl (C=O) groups is 1.